The Labute approximate surface area is 262 Å². The molecule has 0 saturated carbocycles. The molecule has 0 bridgehead atoms. The number of nitrogens with one attached hydrogen (secondary N) is 1. The molecule has 2 atom stereocenters. The van der Waals surface area contributed by atoms with Crippen molar-refractivity contribution in [3.05, 3.63) is 131 Å². The van der Waals surface area contributed by atoms with Gasteiger partial charge < -0.3 is 25.0 Å². The van der Waals surface area contributed by atoms with Gasteiger partial charge >= 0.3 is 0 Å². The van der Waals surface area contributed by atoms with Gasteiger partial charge in [0.25, 0.3) is 5.56 Å². The minimum absolute atomic E-state index is 0.116. The molecule has 0 amide bonds. The second-order valence-electron chi connectivity index (χ2n) is 11.1. The molecule has 4 N–H and O–H groups in total. The Morgan fingerprint density at radius 3 is 2.11 bits per heavy atom. The Bertz CT molecular complexity index is 2450. The smallest absolute Gasteiger partial charge is 0.260 e. The van der Waals surface area contributed by atoms with Gasteiger partial charge in [-0.15, -0.1) is 0 Å². The van der Waals surface area contributed by atoms with E-state index in [1.807, 2.05) is 13.8 Å². The average molecular weight is 642 g/mol. The van der Waals surface area contributed by atoms with Gasteiger partial charge in [-0.25, -0.2) is 0 Å². The van der Waals surface area contributed by atoms with E-state index in [2.05, 4.69) is 4.98 Å². The van der Waals surface area contributed by atoms with Crippen molar-refractivity contribution in [2.75, 3.05) is 18.6 Å². The second kappa shape index (κ2) is 11.1. The lowest BCUT2D eigenvalue weighted by molar-refractivity contribution is -0.126. The van der Waals surface area contributed by atoms with Gasteiger partial charge in [0.1, 0.15) is 22.7 Å². The number of carbonyl (C=O) groups is 1. The monoisotopic (exact) mass is 641 g/mol. The van der Waals surface area contributed by atoms with Crippen LogP contribution in [-0.2, 0) is 14.9 Å². The van der Waals surface area contributed by atoms with Crippen molar-refractivity contribution < 1.29 is 24.9 Å². The van der Waals surface area contributed by atoms with Crippen LogP contribution in [0.5, 0.6) is 5.75 Å². The molecule has 11 nitrogen and oxygen atoms in total. The number of aliphatic hydroxyl groups excluding tert-OH is 2. The molecule has 4 aliphatic rings. The fourth-order valence-electron chi connectivity index (χ4n) is 6.97. The number of methoxy groups -OCH3 is 1. The third-order valence-electron chi connectivity index (χ3n) is 8.76. The number of thioether (sulfide) groups is 1. The van der Waals surface area contributed by atoms with Gasteiger partial charge in [0.2, 0.25) is 10.9 Å². The van der Waals surface area contributed by atoms with Crippen molar-refractivity contribution >= 4 is 45.9 Å². The van der Waals surface area contributed by atoms with Crippen LogP contribution < -0.4 is 37.7 Å². The molecule has 1 aromatic carbocycles. The standard InChI is InChI=1S/C34H27NO10S/c1-4-6-7-8-15-11-14-12-16-25(29(41)20(14)33(44)35-15)34(26(30(16)45-3)19(38)13-46-5-2)31(42)23-24(32(34)43)28(40)22-18(37)10-9-17(36)21(22)27(23)39/h4,6-12,26,30,41-43H,5,13H2,1-3H3,(H,35,44). The Morgan fingerprint density at radius 1 is 0.957 bits per heavy atom. The SMILES string of the molecule is CC=CC=Cc1cc2cc3c(c(O)c2c(=O)[nH]1)C1(C(O)=c2c(=O)c4c(=O)ccc(=O)c=4c(=O)c2=C1O)C(C(=O)CSCC)C3OC. The first-order chi connectivity index (χ1) is 22.0. The molecule has 6 rings (SSSR count). The summed E-state index contributed by atoms with van der Waals surface area (Å²) in [6.45, 7) is 3.64. The fraction of sp³-hybridized carbons (Fsp3) is 0.235. The summed E-state index contributed by atoms with van der Waals surface area (Å²) in [5.74, 6) is -4.39. The van der Waals surface area contributed by atoms with Crippen LogP contribution in [0.3, 0.4) is 0 Å². The molecular weight excluding hydrogens is 614 g/mol. The first kappa shape index (κ1) is 30.9. The van der Waals surface area contributed by atoms with E-state index in [-0.39, 0.29) is 27.7 Å². The number of allylic oxidation sites excluding steroid dienone is 3. The summed E-state index contributed by atoms with van der Waals surface area (Å²) >= 11 is 1.23. The zero-order valence-electron chi connectivity index (χ0n) is 24.8. The maximum atomic E-state index is 14.1. The van der Waals surface area contributed by atoms with Crippen molar-refractivity contribution in [3.8, 4) is 5.75 Å². The van der Waals surface area contributed by atoms with E-state index in [0.29, 0.717) is 11.4 Å². The fourth-order valence-corrected chi connectivity index (χ4v) is 7.55. The van der Waals surface area contributed by atoms with Crippen molar-refractivity contribution in [2.24, 2.45) is 5.92 Å². The number of aromatic nitrogens is 1. The lowest BCUT2D eigenvalue weighted by atomic mass is 9.70. The number of ether oxygens (including phenoxy) is 1. The number of aromatic hydroxyl groups is 1. The van der Waals surface area contributed by atoms with E-state index in [4.69, 9.17) is 4.74 Å². The topological polar surface area (TPSA) is 188 Å². The predicted molar refractivity (Wildman–Crippen MR) is 174 cm³/mol. The normalized spacial score (nSPS) is 18.5. The number of fused-ring (bicyclic) bond motifs is 4. The average Bonchev–Trinajstić information content (AvgIpc) is 3.44. The molecule has 4 aliphatic carbocycles. The quantitative estimate of drug-likeness (QED) is 0.209. The molecule has 1 aromatic heterocycles. The molecule has 234 valence electrons. The molecule has 1 spiro atoms. The Kier molecular flexibility index (Phi) is 7.45. The van der Waals surface area contributed by atoms with Gasteiger partial charge in [0, 0.05) is 18.4 Å². The van der Waals surface area contributed by atoms with Gasteiger partial charge in [-0.1, -0.05) is 25.2 Å². The molecule has 0 saturated heterocycles. The Balaban J connectivity index is 1.84. The minimum Gasteiger partial charge on any atom is -0.510 e. The second-order valence-corrected chi connectivity index (χ2v) is 12.3. The molecular formula is C34H27NO10S. The van der Waals surface area contributed by atoms with E-state index in [0.717, 1.165) is 12.1 Å². The summed E-state index contributed by atoms with van der Waals surface area (Å²) in [4.78, 5) is 83.2. The molecule has 1 heterocycles. The first-order valence-electron chi connectivity index (χ1n) is 14.3. The van der Waals surface area contributed by atoms with Crippen molar-refractivity contribution in [1.82, 2.24) is 4.98 Å². The third-order valence-corrected chi connectivity index (χ3v) is 9.66. The van der Waals surface area contributed by atoms with Crippen LogP contribution in [0.25, 0.3) is 28.4 Å². The minimum atomic E-state index is -2.47. The molecule has 2 aromatic rings. The maximum absolute atomic E-state index is 14.1. The number of rotatable bonds is 7. The summed E-state index contributed by atoms with van der Waals surface area (Å²) in [6.07, 6.45) is 5.61. The van der Waals surface area contributed by atoms with E-state index in [9.17, 15) is 44.1 Å². The van der Waals surface area contributed by atoms with Crippen LogP contribution in [0.2, 0.25) is 0 Å². The predicted octanol–water partition coefficient (Wildman–Crippen LogP) is 0.788. The molecule has 2 unspecified atom stereocenters. The number of Topliss-reactive ketones (excluding diaryl/α,β-unsaturated/α-hetero) is 1. The van der Waals surface area contributed by atoms with Crippen molar-refractivity contribution in [1.29, 1.82) is 0 Å². The zero-order chi connectivity index (χ0) is 33.2. The summed E-state index contributed by atoms with van der Waals surface area (Å²) in [6, 6.07) is 4.73. The highest BCUT2D eigenvalue weighted by atomic mass is 32.2. The van der Waals surface area contributed by atoms with E-state index in [1.54, 1.807) is 30.4 Å². The highest BCUT2D eigenvalue weighted by Gasteiger charge is 2.64. The van der Waals surface area contributed by atoms with Gasteiger partial charge in [0.15, 0.2) is 16.6 Å². The maximum Gasteiger partial charge on any atom is 0.260 e. The molecule has 46 heavy (non-hydrogen) atoms. The Hall–Kier alpha value is -5.07. The number of hydrogen-bond donors (Lipinski definition) is 4. The number of phenols is 1. The summed E-state index contributed by atoms with van der Waals surface area (Å²) in [5.41, 5.74) is -7.29. The third kappa shape index (κ3) is 3.96. The van der Waals surface area contributed by atoms with Crippen LogP contribution in [0.4, 0.5) is 0 Å². The number of ketones is 1. The molecule has 0 aliphatic heterocycles. The van der Waals surface area contributed by atoms with Crippen molar-refractivity contribution in [3.63, 3.8) is 0 Å². The van der Waals surface area contributed by atoms with Crippen LogP contribution in [0.15, 0.2) is 66.5 Å². The summed E-state index contributed by atoms with van der Waals surface area (Å²) < 4.78 is 5.80. The van der Waals surface area contributed by atoms with Gasteiger partial charge in [0.05, 0.1) is 44.0 Å². The van der Waals surface area contributed by atoms with Crippen molar-refractivity contribution in [2.45, 2.75) is 25.4 Å². The molecule has 0 fully saturated rings. The number of pyridine rings is 1. The Morgan fingerprint density at radius 2 is 1.57 bits per heavy atom. The molecule has 0 radical (unpaired) electrons. The first-order valence-corrected chi connectivity index (χ1v) is 15.5. The highest BCUT2D eigenvalue weighted by molar-refractivity contribution is 7.99. The van der Waals surface area contributed by atoms with Gasteiger partial charge in [-0.3, -0.25) is 28.8 Å². The van der Waals surface area contributed by atoms with Crippen LogP contribution in [-0.4, -0.2) is 44.7 Å². The number of H-pyrrole nitrogens is 1. The number of aliphatic hydroxyl groups is 2. The van der Waals surface area contributed by atoms with Gasteiger partial charge in [-0.05, 0) is 54.0 Å². The van der Waals surface area contributed by atoms with Crippen LogP contribution in [0, 0.1) is 16.4 Å². The lowest BCUT2D eigenvalue weighted by Gasteiger charge is -2.34. The van der Waals surface area contributed by atoms with Crippen LogP contribution >= 0.6 is 11.8 Å². The number of aromatic amines is 1. The van der Waals surface area contributed by atoms with Gasteiger partial charge in [-0.2, -0.15) is 11.8 Å². The molecule has 12 heteroatoms. The highest BCUT2D eigenvalue weighted by Crippen LogP contribution is 2.62. The van der Waals surface area contributed by atoms with E-state index in [1.165, 1.54) is 24.9 Å². The number of carbonyl (C=O) groups excluding carboxylic acids is 1. The number of phenolic OH excluding ortho intramolecular Hbond substituents is 1. The largest absolute Gasteiger partial charge is 0.510 e. The number of benzene rings is 1. The lowest BCUT2D eigenvalue weighted by Crippen LogP contribution is -2.51. The van der Waals surface area contributed by atoms with E-state index < -0.39 is 88.6 Å². The van der Waals surface area contributed by atoms with E-state index >= 15 is 0 Å². The number of hydrogen-bond acceptors (Lipinski definition) is 11. The zero-order valence-corrected chi connectivity index (χ0v) is 25.6. The summed E-state index contributed by atoms with van der Waals surface area (Å²) in [7, 11) is 1.28. The summed E-state index contributed by atoms with van der Waals surface area (Å²) in [5, 5.41) is 32.9. The van der Waals surface area contributed by atoms with Crippen LogP contribution in [0.1, 0.15) is 36.8 Å².